The summed E-state index contributed by atoms with van der Waals surface area (Å²) in [6.07, 6.45) is -9.22. The molecule has 0 aliphatic rings. The Balaban J connectivity index is 0.000000547. The topological polar surface area (TPSA) is 24.1 Å². The Hall–Kier alpha value is -0.990. The van der Waals surface area contributed by atoms with Crippen LogP contribution in [-0.4, -0.2) is 24.4 Å². The van der Waals surface area contributed by atoms with Crippen molar-refractivity contribution < 1.29 is 29.1 Å². The third-order valence-electron chi connectivity index (χ3n) is 2.72. The van der Waals surface area contributed by atoms with Crippen LogP contribution in [0.15, 0.2) is 30.3 Å². The molecule has 134 valence electrons. The van der Waals surface area contributed by atoms with Crippen LogP contribution in [-0.2, 0) is 0 Å². The zero-order chi connectivity index (χ0) is 20.1. The van der Waals surface area contributed by atoms with Gasteiger partial charge in [-0.15, -0.1) is 0 Å². The number of hydrogen-bond donors (Lipinski definition) is 2. The fraction of sp³-hybridized carbons (Fsp3) is 0.571. The summed E-state index contributed by atoms with van der Waals surface area (Å²) >= 11 is 4.62. The maximum Gasteiger partial charge on any atom is 0.404 e. The standard InChI is InChI=1S/C11H14F3N.C3H5ClF3N/c1-8(10-6-4-3-5-7-10)15-9(2)11(12,13)14;1-2(8-4)3(5,6)7/h3-9,15H,1-2H3;2,8H,1H3/t8-,9-;2-/m00/s1/i9D;2D. The predicted molar refractivity (Wildman–Crippen MR) is 78.0 cm³/mol. The quantitative estimate of drug-likeness (QED) is 0.581. The molecule has 0 aliphatic carbocycles. The maximum atomic E-state index is 12.5. The van der Waals surface area contributed by atoms with E-state index in [9.17, 15) is 26.3 Å². The van der Waals surface area contributed by atoms with Crippen LogP contribution < -0.4 is 10.2 Å². The van der Waals surface area contributed by atoms with Gasteiger partial charge in [0.1, 0.15) is 12.0 Å². The zero-order valence-electron chi connectivity index (χ0n) is 14.6. The van der Waals surface area contributed by atoms with E-state index in [1.807, 2.05) is 0 Å². The number of alkyl halides is 6. The molecule has 1 aromatic rings. The van der Waals surface area contributed by atoms with Gasteiger partial charge in [0, 0.05) is 6.04 Å². The second kappa shape index (κ2) is 9.34. The lowest BCUT2D eigenvalue weighted by Crippen LogP contribution is -2.40. The number of benzene rings is 1. The summed E-state index contributed by atoms with van der Waals surface area (Å²) in [7, 11) is 0. The van der Waals surface area contributed by atoms with E-state index in [4.69, 9.17) is 2.74 Å². The maximum absolute atomic E-state index is 12.5. The molecular weight excluding hydrogens is 346 g/mol. The van der Waals surface area contributed by atoms with Gasteiger partial charge in [0.25, 0.3) is 0 Å². The summed E-state index contributed by atoms with van der Waals surface area (Å²) in [6, 6.07) is 2.83. The highest BCUT2D eigenvalue weighted by Crippen LogP contribution is 2.22. The van der Waals surface area contributed by atoms with E-state index >= 15 is 0 Å². The number of halogens is 7. The van der Waals surface area contributed by atoms with Crippen molar-refractivity contribution in [2.24, 2.45) is 0 Å². The smallest absolute Gasteiger partial charge is 0.300 e. The Morgan fingerprint density at radius 1 is 0.913 bits per heavy atom. The number of rotatable bonds is 4. The van der Waals surface area contributed by atoms with E-state index in [2.05, 4.69) is 17.1 Å². The van der Waals surface area contributed by atoms with Gasteiger partial charge in [-0.3, -0.25) is 5.32 Å². The first kappa shape index (κ1) is 18.4. The first-order valence-corrected chi connectivity index (χ1v) is 6.77. The molecule has 0 unspecified atom stereocenters. The van der Waals surface area contributed by atoms with Crippen LogP contribution in [0.1, 0.15) is 35.1 Å². The average molecular weight is 367 g/mol. The fourth-order valence-electron chi connectivity index (χ4n) is 1.29. The van der Waals surface area contributed by atoms with Crippen LogP contribution in [0, 0.1) is 0 Å². The minimum atomic E-state index is -4.63. The van der Waals surface area contributed by atoms with Gasteiger partial charge in [0.15, 0.2) is 0 Å². The van der Waals surface area contributed by atoms with Crippen LogP contribution in [0.4, 0.5) is 26.3 Å². The van der Waals surface area contributed by atoms with E-state index in [-0.39, 0.29) is 0 Å². The SMILES string of the molecule is [2H][C@@](C)(NCl)C(F)(F)F.[2H][C@@](C)(N[C@@H](C)c1ccccc1)C(F)(F)F. The van der Waals surface area contributed by atoms with Gasteiger partial charge in [-0.25, -0.2) is 4.84 Å². The molecule has 0 saturated heterocycles. The predicted octanol–water partition coefficient (Wildman–Crippen LogP) is 4.97. The van der Waals surface area contributed by atoms with Crippen LogP contribution >= 0.6 is 11.8 Å². The van der Waals surface area contributed by atoms with E-state index in [1.54, 1.807) is 37.3 Å². The van der Waals surface area contributed by atoms with Gasteiger partial charge in [-0.1, -0.05) is 30.3 Å². The number of hydrogen-bond acceptors (Lipinski definition) is 2. The van der Waals surface area contributed by atoms with Crippen molar-refractivity contribution >= 4 is 11.8 Å². The molecule has 0 fully saturated rings. The summed E-state index contributed by atoms with van der Waals surface area (Å²) in [5.74, 6) is 0. The highest BCUT2D eigenvalue weighted by molar-refractivity contribution is 6.13. The Bertz CT molecular complexity index is 520. The van der Waals surface area contributed by atoms with Gasteiger partial charge < -0.3 is 0 Å². The molecule has 2 nitrogen and oxygen atoms in total. The lowest BCUT2D eigenvalue weighted by Gasteiger charge is -2.22. The van der Waals surface area contributed by atoms with Crippen molar-refractivity contribution in [2.75, 3.05) is 0 Å². The Morgan fingerprint density at radius 3 is 1.65 bits per heavy atom. The molecule has 3 atom stereocenters. The molecule has 2 N–H and O–H groups in total. The van der Waals surface area contributed by atoms with Crippen molar-refractivity contribution in [3.05, 3.63) is 35.9 Å². The second-order valence-electron chi connectivity index (χ2n) is 4.62. The summed E-state index contributed by atoms with van der Waals surface area (Å²) in [5.41, 5.74) is 0.727. The van der Waals surface area contributed by atoms with Gasteiger partial charge in [0.05, 0.1) is 2.74 Å². The fourth-order valence-corrected chi connectivity index (χ4v) is 1.39. The van der Waals surface area contributed by atoms with Crippen molar-refractivity contribution in [3.63, 3.8) is 0 Å². The zero-order valence-corrected chi connectivity index (χ0v) is 13.4. The molecule has 0 spiro atoms. The Morgan fingerprint density at radius 2 is 1.35 bits per heavy atom. The largest absolute Gasteiger partial charge is 0.404 e. The van der Waals surface area contributed by atoms with E-state index in [1.165, 1.54) is 4.84 Å². The molecule has 1 aromatic carbocycles. The lowest BCUT2D eigenvalue weighted by molar-refractivity contribution is -0.153. The monoisotopic (exact) mass is 366 g/mol. The molecule has 1 rings (SSSR count). The third kappa shape index (κ3) is 9.02. The minimum Gasteiger partial charge on any atom is -0.300 e. The van der Waals surface area contributed by atoms with Crippen LogP contribution in [0.5, 0.6) is 0 Å². The molecule has 0 aromatic heterocycles. The van der Waals surface area contributed by atoms with Crippen LogP contribution in [0.25, 0.3) is 0 Å². The molecule has 0 bridgehead atoms. The summed E-state index contributed by atoms with van der Waals surface area (Å²) < 4.78 is 85.6. The highest BCUT2D eigenvalue weighted by Gasteiger charge is 2.36. The Labute approximate surface area is 139 Å². The van der Waals surface area contributed by atoms with E-state index < -0.39 is 30.4 Å². The molecule has 0 radical (unpaired) electrons. The second-order valence-corrected chi connectivity index (χ2v) is 4.81. The highest BCUT2D eigenvalue weighted by atomic mass is 35.5. The van der Waals surface area contributed by atoms with Crippen LogP contribution in [0.3, 0.4) is 0 Å². The molecule has 0 heterocycles. The van der Waals surface area contributed by atoms with E-state index in [0.717, 1.165) is 12.5 Å². The van der Waals surface area contributed by atoms with Gasteiger partial charge >= 0.3 is 12.4 Å². The molecular formula is C14H19ClF6N2. The van der Waals surface area contributed by atoms with Gasteiger partial charge in [0.2, 0.25) is 0 Å². The van der Waals surface area contributed by atoms with Crippen molar-refractivity contribution in [3.8, 4) is 0 Å². The molecule has 23 heavy (non-hydrogen) atoms. The molecule has 0 aliphatic heterocycles. The van der Waals surface area contributed by atoms with Crippen molar-refractivity contribution in [1.29, 1.82) is 0 Å². The summed E-state index contributed by atoms with van der Waals surface area (Å²) in [4.78, 5) is 1.30. The molecule has 9 heteroatoms. The number of nitrogens with one attached hydrogen (secondary N) is 2. The first-order valence-electron chi connectivity index (χ1n) is 7.39. The lowest BCUT2D eigenvalue weighted by atomic mass is 10.1. The first-order chi connectivity index (χ1) is 11.0. The van der Waals surface area contributed by atoms with Crippen molar-refractivity contribution in [1.82, 2.24) is 10.2 Å². The minimum absolute atomic E-state index is 0.523. The summed E-state index contributed by atoms with van der Waals surface area (Å²) in [5, 5.41) is 2.25. The van der Waals surface area contributed by atoms with Gasteiger partial charge in [-0.05, 0) is 38.1 Å². The van der Waals surface area contributed by atoms with Crippen LogP contribution in [0.2, 0.25) is 0 Å². The molecule has 0 saturated carbocycles. The molecule has 0 amide bonds. The average Bonchev–Trinajstić information content (AvgIpc) is 2.46. The van der Waals surface area contributed by atoms with E-state index in [0.29, 0.717) is 6.92 Å². The summed E-state index contributed by atoms with van der Waals surface area (Å²) in [6.45, 7) is 3.04. The van der Waals surface area contributed by atoms with Crippen molar-refractivity contribution in [2.45, 2.75) is 51.2 Å². The third-order valence-corrected chi connectivity index (χ3v) is 3.01. The Kier molecular flexibility index (Phi) is 7.45. The van der Waals surface area contributed by atoms with Gasteiger partial charge in [-0.2, -0.15) is 26.3 Å². The normalized spacial score (nSPS) is 20.1.